The van der Waals surface area contributed by atoms with Crippen LogP contribution in [-0.4, -0.2) is 13.1 Å². The molecule has 0 spiro atoms. The predicted molar refractivity (Wildman–Crippen MR) is 70.4 cm³/mol. The van der Waals surface area contributed by atoms with Gasteiger partial charge in [-0.1, -0.05) is 42.2 Å². The molecule has 0 heterocycles. The summed E-state index contributed by atoms with van der Waals surface area (Å²) < 4.78 is 0. The van der Waals surface area contributed by atoms with Crippen LogP contribution in [0.5, 0.6) is 0 Å². The lowest BCUT2D eigenvalue weighted by Crippen LogP contribution is -2.14. The molecule has 1 heteroatoms. The molecule has 1 N–H and O–H groups in total. The second-order valence-electron chi connectivity index (χ2n) is 4.18. The van der Waals surface area contributed by atoms with Crippen LogP contribution in [0.1, 0.15) is 30.4 Å². The lowest BCUT2D eigenvalue weighted by Gasteiger charge is -2.03. The maximum atomic E-state index is 5.15. The Hall–Kier alpha value is -1.26. The Kier molecular flexibility index (Phi) is 6.37. The first-order valence-electron chi connectivity index (χ1n) is 6.02. The zero-order valence-corrected chi connectivity index (χ0v) is 10.1. The standard InChI is InChI=1S/C15H21N/c1-3-12-16-13-6-4-5-7-15-10-8-14(2)9-11-15/h1,8-11,16H,4-7,12-13H2,2H3. The van der Waals surface area contributed by atoms with Crippen LogP contribution in [0.15, 0.2) is 24.3 Å². The molecule has 0 atom stereocenters. The van der Waals surface area contributed by atoms with Gasteiger partial charge in [0, 0.05) is 0 Å². The third-order valence-electron chi connectivity index (χ3n) is 2.67. The topological polar surface area (TPSA) is 12.0 Å². The van der Waals surface area contributed by atoms with Gasteiger partial charge in [0.25, 0.3) is 0 Å². The molecule has 1 aromatic rings. The van der Waals surface area contributed by atoms with Gasteiger partial charge in [0.05, 0.1) is 6.54 Å². The Morgan fingerprint density at radius 3 is 2.56 bits per heavy atom. The molecule has 0 radical (unpaired) electrons. The number of terminal acetylenes is 1. The van der Waals surface area contributed by atoms with Crippen molar-refractivity contribution in [3.8, 4) is 12.3 Å². The number of rotatable bonds is 7. The van der Waals surface area contributed by atoms with E-state index in [4.69, 9.17) is 6.42 Å². The summed E-state index contributed by atoms with van der Waals surface area (Å²) >= 11 is 0. The van der Waals surface area contributed by atoms with E-state index in [0.29, 0.717) is 6.54 Å². The van der Waals surface area contributed by atoms with E-state index in [2.05, 4.69) is 42.4 Å². The minimum Gasteiger partial charge on any atom is -0.306 e. The maximum absolute atomic E-state index is 5.15. The van der Waals surface area contributed by atoms with Crippen molar-refractivity contribution in [3.05, 3.63) is 35.4 Å². The highest BCUT2D eigenvalue weighted by Crippen LogP contribution is 2.07. The Morgan fingerprint density at radius 2 is 1.88 bits per heavy atom. The molecule has 1 nitrogen and oxygen atoms in total. The number of hydrogen-bond donors (Lipinski definition) is 1. The van der Waals surface area contributed by atoms with Crippen LogP contribution in [0.4, 0.5) is 0 Å². The van der Waals surface area contributed by atoms with Gasteiger partial charge < -0.3 is 5.32 Å². The molecule has 16 heavy (non-hydrogen) atoms. The Balaban J connectivity index is 2.03. The molecule has 86 valence electrons. The van der Waals surface area contributed by atoms with Crippen molar-refractivity contribution in [2.24, 2.45) is 0 Å². The summed E-state index contributed by atoms with van der Waals surface area (Å²) in [6.45, 7) is 3.86. The third-order valence-corrected chi connectivity index (χ3v) is 2.67. The van der Waals surface area contributed by atoms with Gasteiger partial charge in [-0.05, 0) is 38.3 Å². The van der Waals surface area contributed by atoms with Gasteiger partial charge in [-0.25, -0.2) is 0 Å². The summed E-state index contributed by atoms with van der Waals surface area (Å²) in [6, 6.07) is 8.82. The fourth-order valence-electron chi connectivity index (χ4n) is 1.67. The van der Waals surface area contributed by atoms with Crippen molar-refractivity contribution in [1.82, 2.24) is 5.32 Å². The second kappa shape index (κ2) is 7.96. The maximum Gasteiger partial charge on any atom is 0.0573 e. The number of unbranched alkanes of at least 4 members (excludes halogenated alkanes) is 2. The fourth-order valence-corrected chi connectivity index (χ4v) is 1.67. The Morgan fingerprint density at radius 1 is 1.12 bits per heavy atom. The highest BCUT2D eigenvalue weighted by molar-refractivity contribution is 5.21. The molecular weight excluding hydrogens is 194 g/mol. The van der Waals surface area contributed by atoms with Gasteiger partial charge >= 0.3 is 0 Å². The number of aryl methyl sites for hydroxylation is 2. The molecule has 0 fully saturated rings. The first kappa shape index (κ1) is 12.8. The number of nitrogens with one attached hydrogen (secondary N) is 1. The summed E-state index contributed by atoms with van der Waals surface area (Å²) in [5, 5.41) is 3.21. The summed E-state index contributed by atoms with van der Waals surface area (Å²) in [4.78, 5) is 0. The largest absolute Gasteiger partial charge is 0.306 e. The van der Waals surface area contributed by atoms with Gasteiger partial charge in [0.2, 0.25) is 0 Å². The van der Waals surface area contributed by atoms with E-state index in [1.165, 1.54) is 36.8 Å². The first-order valence-corrected chi connectivity index (χ1v) is 6.02. The van der Waals surface area contributed by atoms with Crippen LogP contribution in [-0.2, 0) is 6.42 Å². The van der Waals surface area contributed by atoms with Crippen LogP contribution < -0.4 is 5.32 Å². The van der Waals surface area contributed by atoms with Crippen molar-refractivity contribution < 1.29 is 0 Å². The summed E-state index contributed by atoms with van der Waals surface area (Å²) in [6.07, 6.45) is 10.1. The molecule has 0 aliphatic rings. The summed E-state index contributed by atoms with van der Waals surface area (Å²) in [7, 11) is 0. The average molecular weight is 215 g/mol. The Labute approximate surface area is 99.3 Å². The minimum atomic E-state index is 0.692. The van der Waals surface area contributed by atoms with E-state index in [1.54, 1.807) is 0 Å². The SMILES string of the molecule is C#CCNCCCCCc1ccc(C)cc1. The summed E-state index contributed by atoms with van der Waals surface area (Å²) in [5.41, 5.74) is 2.78. The van der Waals surface area contributed by atoms with E-state index in [1.807, 2.05) is 0 Å². The van der Waals surface area contributed by atoms with Gasteiger partial charge in [-0.3, -0.25) is 0 Å². The number of benzene rings is 1. The van der Waals surface area contributed by atoms with Crippen LogP contribution in [0, 0.1) is 19.3 Å². The minimum absolute atomic E-state index is 0.692. The van der Waals surface area contributed by atoms with Gasteiger partial charge in [-0.15, -0.1) is 6.42 Å². The van der Waals surface area contributed by atoms with Crippen LogP contribution >= 0.6 is 0 Å². The molecule has 0 saturated heterocycles. The Bertz CT molecular complexity index is 318. The van der Waals surface area contributed by atoms with Crippen molar-refractivity contribution in [2.45, 2.75) is 32.6 Å². The molecule has 0 amide bonds. The first-order chi connectivity index (χ1) is 7.83. The van der Waals surface area contributed by atoms with E-state index < -0.39 is 0 Å². The van der Waals surface area contributed by atoms with E-state index >= 15 is 0 Å². The molecule has 0 aliphatic carbocycles. The zero-order valence-electron chi connectivity index (χ0n) is 10.1. The van der Waals surface area contributed by atoms with Crippen molar-refractivity contribution in [1.29, 1.82) is 0 Å². The zero-order chi connectivity index (χ0) is 11.6. The molecule has 1 rings (SSSR count). The molecule has 0 unspecified atom stereocenters. The van der Waals surface area contributed by atoms with E-state index in [0.717, 1.165) is 6.54 Å². The van der Waals surface area contributed by atoms with E-state index in [9.17, 15) is 0 Å². The smallest absolute Gasteiger partial charge is 0.0573 e. The lowest BCUT2D eigenvalue weighted by molar-refractivity contribution is 0.630. The predicted octanol–water partition coefficient (Wildman–Crippen LogP) is 2.93. The number of hydrogen-bond acceptors (Lipinski definition) is 1. The van der Waals surface area contributed by atoms with Crippen molar-refractivity contribution in [3.63, 3.8) is 0 Å². The molecule has 0 saturated carbocycles. The third kappa shape index (κ3) is 5.58. The fraction of sp³-hybridized carbons (Fsp3) is 0.467. The molecule has 1 aromatic carbocycles. The molecule has 0 aliphatic heterocycles. The monoisotopic (exact) mass is 215 g/mol. The molecule has 0 bridgehead atoms. The van der Waals surface area contributed by atoms with Crippen LogP contribution in [0.2, 0.25) is 0 Å². The normalized spacial score (nSPS) is 10.0. The van der Waals surface area contributed by atoms with Crippen molar-refractivity contribution in [2.75, 3.05) is 13.1 Å². The quantitative estimate of drug-likeness (QED) is 0.545. The van der Waals surface area contributed by atoms with Gasteiger partial charge in [0.15, 0.2) is 0 Å². The molecule has 0 aromatic heterocycles. The lowest BCUT2D eigenvalue weighted by atomic mass is 10.1. The summed E-state index contributed by atoms with van der Waals surface area (Å²) in [5.74, 6) is 2.58. The second-order valence-corrected chi connectivity index (χ2v) is 4.18. The van der Waals surface area contributed by atoms with Crippen LogP contribution in [0.3, 0.4) is 0 Å². The van der Waals surface area contributed by atoms with Crippen molar-refractivity contribution >= 4 is 0 Å². The average Bonchev–Trinajstić information content (AvgIpc) is 2.30. The van der Waals surface area contributed by atoms with Gasteiger partial charge in [0.1, 0.15) is 0 Å². The van der Waals surface area contributed by atoms with E-state index in [-0.39, 0.29) is 0 Å². The highest BCUT2D eigenvalue weighted by atomic mass is 14.8. The van der Waals surface area contributed by atoms with Gasteiger partial charge in [-0.2, -0.15) is 0 Å². The highest BCUT2D eigenvalue weighted by Gasteiger charge is 1.93. The van der Waals surface area contributed by atoms with Crippen LogP contribution in [0.25, 0.3) is 0 Å². The molecular formula is C15H21N.